The summed E-state index contributed by atoms with van der Waals surface area (Å²) in [7, 11) is 0. The molecule has 1 amide bonds. The number of carbonyl (C=O) groups is 1. The van der Waals surface area contributed by atoms with Crippen molar-refractivity contribution in [3.63, 3.8) is 0 Å². The molecule has 1 aliphatic rings. The highest BCUT2D eigenvalue weighted by atomic mass is 35.5. The van der Waals surface area contributed by atoms with Crippen molar-refractivity contribution >= 4 is 23.7 Å². The minimum Gasteiger partial charge on any atom is -0.489 e. The van der Waals surface area contributed by atoms with Crippen molar-refractivity contribution < 1.29 is 18.7 Å². The van der Waals surface area contributed by atoms with E-state index < -0.39 is 5.91 Å². The predicted octanol–water partition coefficient (Wildman–Crippen LogP) is 2.86. The molecule has 7 heteroatoms. The summed E-state index contributed by atoms with van der Waals surface area (Å²) in [6, 6.07) is 6.63. The Morgan fingerprint density at radius 1 is 1.32 bits per heavy atom. The van der Waals surface area contributed by atoms with Crippen LogP contribution in [0, 0.1) is 0 Å². The summed E-state index contributed by atoms with van der Waals surface area (Å²) in [6.07, 6.45) is 3.69. The van der Waals surface area contributed by atoms with Gasteiger partial charge in [0.15, 0.2) is 17.3 Å². The Bertz CT molecular complexity index is 698. The monoisotopic (exact) mass is 320 g/mol. The highest BCUT2D eigenvalue weighted by molar-refractivity contribution is 6.32. The van der Waals surface area contributed by atoms with Gasteiger partial charge in [0.25, 0.3) is 0 Å². The van der Waals surface area contributed by atoms with Crippen molar-refractivity contribution in [3.05, 3.63) is 46.9 Å². The summed E-state index contributed by atoms with van der Waals surface area (Å²) >= 11 is 6.17. The highest BCUT2D eigenvalue weighted by Crippen LogP contribution is 2.37. The molecule has 1 aromatic carbocycles. The van der Waals surface area contributed by atoms with E-state index in [1.165, 1.54) is 12.5 Å². The number of hydrazone groups is 1. The van der Waals surface area contributed by atoms with Gasteiger partial charge in [-0.15, -0.1) is 0 Å². The van der Waals surface area contributed by atoms with Gasteiger partial charge in [-0.2, -0.15) is 5.10 Å². The molecule has 0 saturated carbocycles. The number of nitrogens with one attached hydrogen (secondary N) is 1. The van der Waals surface area contributed by atoms with Gasteiger partial charge in [-0.25, -0.2) is 5.43 Å². The molecule has 1 aliphatic heterocycles. The van der Waals surface area contributed by atoms with Gasteiger partial charge in [-0.3, -0.25) is 4.79 Å². The van der Waals surface area contributed by atoms with E-state index in [2.05, 4.69) is 10.5 Å². The maximum Gasteiger partial charge on any atom is 0.307 e. The maximum absolute atomic E-state index is 11.7. The average Bonchev–Trinajstić information content (AvgIpc) is 2.93. The number of nitrogens with zero attached hydrogens (tertiary/aromatic N) is 1. The minimum atomic E-state index is -0.429. The molecule has 3 rings (SSSR count). The molecule has 0 aliphatic carbocycles. The lowest BCUT2D eigenvalue weighted by atomic mass is 10.2. The summed E-state index contributed by atoms with van der Waals surface area (Å²) in [6.45, 7) is 1.14. The first kappa shape index (κ1) is 14.5. The quantitative estimate of drug-likeness (QED) is 0.697. The standard InChI is InChI=1S/C15H13ClN2O4/c16-11-7-10(8-13-14(11)22-6-2-5-21-13)9-17-18-15(19)12-3-1-4-20-12/h1,3-4,7-9H,2,5-6H2,(H,18,19)/b17-9-. The number of ether oxygens (including phenoxy) is 2. The van der Waals surface area contributed by atoms with Gasteiger partial charge in [0.2, 0.25) is 0 Å². The van der Waals surface area contributed by atoms with Gasteiger partial charge in [0, 0.05) is 6.42 Å². The molecule has 0 unspecified atom stereocenters. The first-order valence-electron chi connectivity index (χ1n) is 6.70. The Hall–Kier alpha value is -2.47. The fraction of sp³-hybridized carbons (Fsp3) is 0.200. The van der Waals surface area contributed by atoms with Gasteiger partial charge in [0.1, 0.15) is 0 Å². The third-order valence-corrected chi connectivity index (χ3v) is 3.23. The van der Waals surface area contributed by atoms with E-state index in [1.807, 2.05) is 0 Å². The molecular weight excluding hydrogens is 308 g/mol. The fourth-order valence-corrected chi connectivity index (χ4v) is 2.23. The second kappa shape index (κ2) is 6.53. The summed E-state index contributed by atoms with van der Waals surface area (Å²) in [5.74, 6) is 0.871. The number of benzene rings is 1. The third-order valence-electron chi connectivity index (χ3n) is 2.95. The maximum atomic E-state index is 11.7. The average molecular weight is 321 g/mol. The molecule has 0 radical (unpaired) electrons. The van der Waals surface area contributed by atoms with Crippen LogP contribution >= 0.6 is 11.6 Å². The second-order valence-electron chi connectivity index (χ2n) is 4.56. The normalized spacial score (nSPS) is 13.9. The summed E-state index contributed by atoms with van der Waals surface area (Å²) in [5.41, 5.74) is 3.06. The first-order valence-corrected chi connectivity index (χ1v) is 7.08. The van der Waals surface area contributed by atoms with Crippen molar-refractivity contribution in [1.29, 1.82) is 0 Å². The number of carbonyl (C=O) groups excluding carboxylic acids is 1. The van der Waals surface area contributed by atoms with E-state index in [-0.39, 0.29) is 5.76 Å². The van der Waals surface area contributed by atoms with Crippen molar-refractivity contribution in [1.82, 2.24) is 5.43 Å². The first-order chi connectivity index (χ1) is 10.7. The fourth-order valence-electron chi connectivity index (χ4n) is 1.95. The summed E-state index contributed by atoms with van der Waals surface area (Å²) < 4.78 is 16.1. The van der Waals surface area contributed by atoms with Crippen LogP contribution in [0.5, 0.6) is 11.5 Å². The van der Waals surface area contributed by atoms with Crippen LogP contribution in [0.25, 0.3) is 0 Å². The molecule has 2 aromatic rings. The molecule has 0 atom stereocenters. The number of fused-ring (bicyclic) bond motifs is 1. The molecule has 0 spiro atoms. The van der Waals surface area contributed by atoms with Crippen molar-refractivity contribution in [2.75, 3.05) is 13.2 Å². The number of halogens is 1. The SMILES string of the molecule is O=C(N/N=C\c1cc(Cl)c2c(c1)OCCCO2)c1ccco1. The van der Waals surface area contributed by atoms with Crippen molar-refractivity contribution in [2.24, 2.45) is 5.10 Å². The lowest BCUT2D eigenvalue weighted by molar-refractivity contribution is 0.0927. The molecule has 0 saturated heterocycles. The lowest BCUT2D eigenvalue weighted by Crippen LogP contribution is -2.16. The topological polar surface area (TPSA) is 73.1 Å². The van der Waals surface area contributed by atoms with Crippen molar-refractivity contribution in [2.45, 2.75) is 6.42 Å². The number of hydrogen-bond donors (Lipinski definition) is 1. The molecule has 22 heavy (non-hydrogen) atoms. The molecular formula is C15H13ClN2O4. The van der Waals surface area contributed by atoms with E-state index in [1.54, 1.807) is 24.3 Å². The smallest absolute Gasteiger partial charge is 0.307 e. The van der Waals surface area contributed by atoms with Gasteiger partial charge >= 0.3 is 5.91 Å². The number of amides is 1. The van der Waals surface area contributed by atoms with Crippen LogP contribution in [0.3, 0.4) is 0 Å². The van der Waals surface area contributed by atoms with Crippen LogP contribution in [0.15, 0.2) is 40.0 Å². The van der Waals surface area contributed by atoms with Crippen LogP contribution in [0.2, 0.25) is 5.02 Å². The zero-order chi connectivity index (χ0) is 15.4. The Labute approximate surface area is 131 Å². The Morgan fingerprint density at radius 3 is 3.00 bits per heavy atom. The van der Waals surface area contributed by atoms with Crippen LogP contribution in [0.1, 0.15) is 22.5 Å². The number of rotatable bonds is 3. The molecule has 0 bridgehead atoms. The van der Waals surface area contributed by atoms with E-state index in [0.717, 1.165) is 6.42 Å². The molecule has 0 fully saturated rings. The summed E-state index contributed by atoms with van der Waals surface area (Å²) in [4.78, 5) is 11.7. The third kappa shape index (κ3) is 3.23. The zero-order valence-electron chi connectivity index (χ0n) is 11.5. The number of hydrogen-bond acceptors (Lipinski definition) is 5. The lowest BCUT2D eigenvalue weighted by Gasteiger charge is -2.09. The van der Waals surface area contributed by atoms with Crippen molar-refractivity contribution in [3.8, 4) is 11.5 Å². The zero-order valence-corrected chi connectivity index (χ0v) is 12.3. The molecule has 114 valence electrons. The Morgan fingerprint density at radius 2 is 2.18 bits per heavy atom. The molecule has 1 aromatic heterocycles. The predicted molar refractivity (Wildman–Crippen MR) is 80.8 cm³/mol. The second-order valence-corrected chi connectivity index (χ2v) is 4.96. The van der Waals surface area contributed by atoms with E-state index in [4.69, 9.17) is 25.5 Å². The van der Waals surface area contributed by atoms with Crippen LogP contribution in [0.4, 0.5) is 0 Å². The van der Waals surface area contributed by atoms with Crippen LogP contribution < -0.4 is 14.9 Å². The van der Waals surface area contributed by atoms with Crippen LogP contribution in [-0.2, 0) is 0 Å². The van der Waals surface area contributed by atoms with Gasteiger partial charge in [0.05, 0.1) is 30.7 Å². The highest BCUT2D eigenvalue weighted by Gasteiger charge is 2.15. The Balaban J connectivity index is 1.72. The minimum absolute atomic E-state index is 0.189. The number of furan rings is 1. The summed E-state index contributed by atoms with van der Waals surface area (Å²) in [5, 5.41) is 4.31. The molecule has 1 N–H and O–H groups in total. The van der Waals surface area contributed by atoms with Gasteiger partial charge in [-0.05, 0) is 29.8 Å². The van der Waals surface area contributed by atoms with Gasteiger partial charge in [-0.1, -0.05) is 11.6 Å². The Kier molecular flexibility index (Phi) is 4.29. The van der Waals surface area contributed by atoms with E-state index in [9.17, 15) is 4.79 Å². The van der Waals surface area contributed by atoms with Gasteiger partial charge < -0.3 is 13.9 Å². The largest absolute Gasteiger partial charge is 0.489 e. The molecule has 2 heterocycles. The van der Waals surface area contributed by atoms with E-state index in [0.29, 0.717) is 35.3 Å². The van der Waals surface area contributed by atoms with Crippen LogP contribution in [-0.4, -0.2) is 25.3 Å². The van der Waals surface area contributed by atoms with E-state index >= 15 is 0 Å². The molecule has 6 nitrogen and oxygen atoms in total.